The van der Waals surface area contributed by atoms with E-state index in [9.17, 15) is 10.1 Å². The van der Waals surface area contributed by atoms with Gasteiger partial charge in [-0.2, -0.15) is 0 Å². The van der Waals surface area contributed by atoms with Crippen LogP contribution in [0.15, 0.2) is 76.1 Å². The number of aromatic nitrogens is 1. The van der Waals surface area contributed by atoms with Crippen molar-refractivity contribution in [3.8, 4) is 11.5 Å². The first-order valence-corrected chi connectivity index (χ1v) is 8.35. The van der Waals surface area contributed by atoms with E-state index in [1.54, 1.807) is 18.3 Å². The summed E-state index contributed by atoms with van der Waals surface area (Å²) in [6.07, 6.45) is 1.60. The van der Waals surface area contributed by atoms with Crippen molar-refractivity contribution in [1.29, 1.82) is 0 Å². The summed E-state index contributed by atoms with van der Waals surface area (Å²) in [5.74, 6) is 0.560. The van der Waals surface area contributed by atoms with E-state index in [1.807, 2.05) is 49.4 Å². The Morgan fingerprint density at radius 3 is 2.67 bits per heavy atom. The number of aryl methyl sites for hydroxylation is 1. The highest BCUT2D eigenvalue weighted by atomic mass is 16.6. The molecule has 132 valence electrons. The molecule has 4 aromatic rings. The first kappa shape index (κ1) is 16.7. The molecular weight excluding hydrogens is 342 g/mol. The van der Waals surface area contributed by atoms with Crippen LogP contribution in [0.25, 0.3) is 22.6 Å². The van der Waals surface area contributed by atoms with Gasteiger partial charge in [-0.1, -0.05) is 18.2 Å². The summed E-state index contributed by atoms with van der Waals surface area (Å²) < 4.78 is 5.80. The third-order valence-electron chi connectivity index (χ3n) is 4.10. The molecule has 6 nitrogen and oxygen atoms in total. The second kappa shape index (κ2) is 6.84. The van der Waals surface area contributed by atoms with Gasteiger partial charge in [-0.05, 0) is 54.4 Å². The number of aliphatic imine (C=N–C) groups is 1. The number of oxazole rings is 1. The quantitative estimate of drug-likeness (QED) is 0.276. The topological polar surface area (TPSA) is 81.5 Å². The summed E-state index contributed by atoms with van der Waals surface area (Å²) in [6.45, 7) is 2.02. The van der Waals surface area contributed by atoms with Crippen molar-refractivity contribution in [2.24, 2.45) is 4.99 Å². The van der Waals surface area contributed by atoms with Gasteiger partial charge in [0.25, 0.3) is 5.69 Å². The highest BCUT2D eigenvalue weighted by Crippen LogP contribution is 2.26. The monoisotopic (exact) mass is 357 g/mol. The minimum atomic E-state index is -0.423. The maximum Gasteiger partial charge on any atom is 0.270 e. The van der Waals surface area contributed by atoms with Crippen LogP contribution in [0, 0.1) is 17.0 Å². The summed E-state index contributed by atoms with van der Waals surface area (Å²) >= 11 is 0. The van der Waals surface area contributed by atoms with Crippen LogP contribution in [-0.4, -0.2) is 16.1 Å². The van der Waals surface area contributed by atoms with Crippen LogP contribution in [0.5, 0.6) is 0 Å². The minimum Gasteiger partial charge on any atom is -0.436 e. The molecule has 0 saturated carbocycles. The van der Waals surface area contributed by atoms with Gasteiger partial charge in [-0.15, -0.1) is 0 Å². The first-order chi connectivity index (χ1) is 13.1. The normalized spacial score (nSPS) is 11.3. The van der Waals surface area contributed by atoms with E-state index < -0.39 is 4.92 Å². The Kier molecular flexibility index (Phi) is 4.22. The molecular formula is C21H15N3O3. The van der Waals surface area contributed by atoms with Gasteiger partial charge in [-0.3, -0.25) is 15.1 Å². The maximum atomic E-state index is 10.8. The summed E-state index contributed by atoms with van der Waals surface area (Å²) in [6, 6.07) is 19.7. The lowest BCUT2D eigenvalue weighted by Gasteiger charge is -1.97. The fourth-order valence-corrected chi connectivity index (χ4v) is 2.72. The van der Waals surface area contributed by atoms with E-state index in [0.29, 0.717) is 11.5 Å². The van der Waals surface area contributed by atoms with Gasteiger partial charge in [0.2, 0.25) is 5.89 Å². The van der Waals surface area contributed by atoms with Crippen molar-refractivity contribution in [2.75, 3.05) is 0 Å². The highest BCUT2D eigenvalue weighted by Gasteiger charge is 2.08. The van der Waals surface area contributed by atoms with Crippen LogP contribution in [0.1, 0.15) is 11.1 Å². The van der Waals surface area contributed by atoms with Gasteiger partial charge in [0, 0.05) is 23.9 Å². The highest BCUT2D eigenvalue weighted by molar-refractivity contribution is 5.83. The molecule has 1 heterocycles. The summed E-state index contributed by atoms with van der Waals surface area (Å²) in [4.78, 5) is 19.3. The second-order valence-electron chi connectivity index (χ2n) is 6.15. The van der Waals surface area contributed by atoms with Gasteiger partial charge in [-0.25, -0.2) is 4.98 Å². The number of hydrogen-bond donors (Lipinski definition) is 0. The SMILES string of the molecule is Cc1ccc2oc(-c3ccc(N=Cc4cccc([N+](=O)[O-])c4)cc3)nc2c1. The zero-order valence-electron chi connectivity index (χ0n) is 14.5. The fraction of sp³-hybridized carbons (Fsp3) is 0.0476. The molecule has 27 heavy (non-hydrogen) atoms. The summed E-state index contributed by atoms with van der Waals surface area (Å²) in [5, 5.41) is 10.8. The molecule has 0 aliphatic carbocycles. The van der Waals surface area contributed by atoms with Crippen LogP contribution in [0.3, 0.4) is 0 Å². The first-order valence-electron chi connectivity index (χ1n) is 8.35. The Balaban J connectivity index is 1.56. The van der Waals surface area contributed by atoms with Crippen LogP contribution in [-0.2, 0) is 0 Å². The molecule has 0 aliphatic rings. The predicted octanol–water partition coefficient (Wildman–Crippen LogP) is 5.46. The molecule has 0 fully saturated rings. The Bertz CT molecular complexity index is 1160. The number of benzene rings is 3. The molecule has 3 aromatic carbocycles. The lowest BCUT2D eigenvalue weighted by Crippen LogP contribution is -1.89. The van der Waals surface area contributed by atoms with Crippen molar-refractivity contribution in [3.63, 3.8) is 0 Å². The summed E-state index contributed by atoms with van der Waals surface area (Å²) in [7, 11) is 0. The third-order valence-corrected chi connectivity index (χ3v) is 4.10. The number of nitrogens with zero attached hydrogens (tertiary/aromatic N) is 3. The summed E-state index contributed by atoms with van der Waals surface area (Å²) in [5.41, 5.74) is 5.02. The maximum absolute atomic E-state index is 10.8. The molecule has 0 amide bonds. The van der Waals surface area contributed by atoms with Crippen molar-refractivity contribution in [1.82, 2.24) is 4.98 Å². The molecule has 6 heteroatoms. The lowest BCUT2D eigenvalue weighted by atomic mass is 10.2. The lowest BCUT2D eigenvalue weighted by molar-refractivity contribution is -0.384. The molecule has 1 aromatic heterocycles. The number of rotatable bonds is 4. The van der Waals surface area contributed by atoms with Gasteiger partial charge in [0.1, 0.15) is 5.52 Å². The van der Waals surface area contributed by atoms with Crippen LogP contribution in [0.2, 0.25) is 0 Å². The van der Waals surface area contributed by atoms with Gasteiger partial charge in [0.15, 0.2) is 5.58 Å². The van der Waals surface area contributed by atoms with Gasteiger partial charge in [0.05, 0.1) is 10.6 Å². The molecule has 0 bridgehead atoms. The van der Waals surface area contributed by atoms with Crippen molar-refractivity contribution >= 4 is 28.7 Å². The van der Waals surface area contributed by atoms with E-state index in [-0.39, 0.29) is 5.69 Å². The molecule has 0 unspecified atom stereocenters. The number of nitro benzene ring substituents is 1. The number of hydrogen-bond acceptors (Lipinski definition) is 5. The average molecular weight is 357 g/mol. The van der Waals surface area contributed by atoms with E-state index in [1.165, 1.54) is 12.1 Å². The molecule has 0 atom stereocenters. The Hall–Kier alpha value is -3.80. The predicted molar refractivity (Wildman–Crippen MR) is 105 cm³/mol. The Labute approximate surface area is 155 Å². The van der Waals surface area contributed by atoms with E-state index >= 15 is 0 Å². The number of non-ortho nitro benzene ring substituents is 1. The number of nitro groups is 1. The average Bonchev–Trinajstić information content (AvgIpc) is 3.10. The van der Waals surface area contributed by atoms with Crippen molar-refractivity contribution in [3.05, 3.63) is 88.0 Å². The smallest absolute Gasteiger partial charge is 0.270 e. The molecule has 0 radical (unpaired) electrons. The van der Waals surface area contributed by atoms with Crippen LogP contribution < -0.4 is 0 Å². The molecule has 0 saturated heterocycles. The van der Waals surface area contributed by atoms with E-state index in [0.717, 1.165) is 27.9 Å². The zero-order valence-corrected chi connectivity index (χ0v) is 14.5. The fourth-order valence-electron chi connectivity index (χ4n) is 2.72. The largest absolute Gasteiger partial charge is 0.436 e. The molecule has 4 rings (SSSR count). The Morgan fingerprint density at radius 2 is 1.89 bits per heavy atom. The number of fused-ring (bicyclic) bond motifs is 1. The van der Waals surface area contributed by atoms with E-state index in [4.69, 9.17) is 4.42 Å². The Morgan fingerprint density at radius 1 is 1.07 bits per heavy atom. The standard InChI is InChI=1S/C21H15N3O3/c1-14-5-10-20-19(11-14)23-21(27-20)16-6-8-17(9-7-16)22-13-15-3-2-4-18(12-15)24(25)26/h2-13H,1H3. The molecule has 0 spiro atoms. The van der Waals surface area contributed by atoms with Crippen LogP contribution in [0.4, 0.5) is 11.4 Å². The van der Waals surface area contributed by atoms with Crippen molar-refractivity contribution in [2.45, 2.75) is 6.92 Å². The van der Waals surface area contributed by atoms with Gasteiger partial charge >= 0.3 is 0 Å². The zero-order chi connectivity index (χ0) is 18.8. The minimum absolute atomic E-state index is 0.0421. The van der Waals surface area contributed by atoms with Gasteiger partial charge < -0.3 is 4.42 Å². The van der Waals surface area contributed by atoms with Crippen LogP contribution >= 0.6 is 0 Å². The second-order valence-corrected chi connectivity index (χ2v) is 6.15. The van der Waals surface area contributed by atoms with E-state index in [2.05, 4.69) is 9.98 Å². The van der Waals surface area contributed by atoms with Crippen molar-refractivity contribution < 1.29 is 9.34 Å². The molecule has 0 N–H and O–H groups in total. The third kappa shape index (κ3) is 3.59. The molecule has 0 aliphatic heterocycles.